The van der Waals surface area contributed by atoms with Gasteiger partial charge in [0.25, 0.3) is 0 Å². The molecule has 88 valence electrons. The molecule has 0 saturated heterocycles. The van der Waals surface area contributed by atoms with E-state index < -0.39 is 5.97 Å². The first-order chi connectivity index (χ1) is 7.18. The molecule has 2 nitrogen and oxygen atoms in total. The predicted octanol–water partition coefficient (Wildman–Crippen LogP) is 4.01. The molecule has 0 aliphatic rings. The summed E-state index contributed by atoms with van der Waals surface area (Å²) >= 11 is 0. The fourth-order valence-electron chi connectivity index (χ4n) is 1.38. The highest BCUT2D eigenvalue weighted by atomic mass is 16.4. The number of carboxylic acid groups (broad SMARTS) is 1. The maximum Gasteiger partial charge on any atom is 0.306 e. The van der Waals surface area contributed by atoms with Crippen LogP contribution < -0.4 is 0 Å². The van der Waals surface area contributed by atoms with Gasteiger partial charge in [-0.1, -0.05) is 51.7 Å². The number of hydrogen-bond acceptors (Lipinski definition) is 1. The zero-order valence-electron chi connectivity index (χ0n) is 10.0. The Morgan fingerprint density at radius 3 is 2.47 bits per heavy atom. The first-order valence-corrected chi connectivity index (χ1v) is 6.06. The summed E-state index contributed by atoms with van der Waals surface area (Å²) in [5.74, 6) is -0.955. The largest absolute Gasteiger partial charge is 0.481 e. The summed E-state index contributed by atoms with van der Waals surface area (Å²) < 4.78 is 0. The molecule has 1 unspecified atom stereocenters. The highest BCUT2D eigenvalue weighted by Gasteiger charge is 2.06. The molecular weight excluding hydrogens is 188 g/mol. The SMILES string of the molecule is CCCCCCCC=CCC(C)C(=O)O. The van der Waals surface area contributed by atoms with E-state index in [4.69, 9.17) is 5.11 Å². The molecule has 0 saturated carbocycles. The van der Waals surface area contributed by atoms with Crippen LogP contribution in [0.1, 0.15) is 58.8 Å². The molecule has 0 rings (SSSR count). The molecular formula is C13H24O2. The molecule has 1 N–H and O–H groups in total. The molecule has 2 heteroatoms. The Hall–Kier alpha value is -0.790. The molecule has 0 bridgehead atoms. The van der Waals surface area contributed by atoms with Gasteiger partial charge >= 0.3 is 5.97 Å². The van der Waals surface area contributed by atoms with Gasteiger partial charge in [-0.05, 0) is 19.3 Å². The minimum atomic E-state index is -0.706. The second-order valence-corrected chi connectivity index (χ2v) is 4.15. The van der Waals surface area contributed by atoms with Crippen LogP contribution in [0.2, 0.25) is 0 Å². The quantitative estimate of drug-likeness (QED) is 0.463. The summed E-state index contributed by atoms with van der Waals surface area (Å²) in [6, 6.07) is 0. The van der Waals surface area contributed by atoms with E-state index in [1.807, 2.05) is 6.08 Å². The maximum absolute atomic E-state index is 10.5. The zero-order chi connectivity index (χ0) is 11.5. The second-order valence-electron chi connectivity index (χ2n) is 4.15. The van der Waals surface area contributed by atoms with Crippen LogP contribution in [0.25, 0.3) is 0 Å². The standard InChI is InChI=1S/C13H24O2/c1-3-4-5-6-7-8-9-10-11-12(2)13(14)15/h9-10,12H,3-8,11H2,1-2H3,(H,14,15). The van der Waals surface area contributed by atoms with Gasteiger partial charge < -0.3 is 5.11 Å². The van der Waals surface area contributed by atoms with E-state index in [0.29, 0.717) is 6.42 Å². The van der Waals surface area contributed by atoms with Gasteiger partial charge in [-0.25, -0.2) is 0 Å². The van der Waals surface area contributed by atoms with E-state index >= 15 is 0 Å². The lowest BCUT2D eigenvalue weighted by Crippen LogP contribution is -2.07. The van der Waals surface area contributed by atoms with Crippen LogP contribution in [-0.4, -0.2) is 11.1 Å². The molecule has 0 spiro atoms. The summed E-state index contributed by atoms with van der Waals surface area (Å²) in [4.78, 5) is 10.5. The van der Waals surface area contributed by atoms with Crippen molar-refractivity contribution in [2.75, 3.05) is 0 Å². The maximum atomic E-state index is 10.5. The third kappa shape index (κ3) is 9.51. The van der Waals surface area contributed by atoms with Crippen molar-refractivity contribution in [2.45, 2.75) is 58.8 Å². The molecule has 0 fully saturated rings. The van der Waals surface area contributed by atoms with E-state index in [9.17, 15) is 4.79 Å². The lowest BCUT2D eigenvalue weighted by Gasteiger charge is -2.00. The minimum absolute atomic E-state index is 0.249. The van der Waals surface area contributed by atoms with Crippen molar-refractivity contribution in [3.63, 3.8) is 0 Å². The van der Waals surface area contributed by atoms with Gasteiger partial charge in [0, 0.05) is 0 Å². The molecule has 0 aromatic carbocycles. The normalized spacial score (nSPS) is 13.2. The number of allylic oxidation sites excluding steroid dienone is 2. The first-order valence-electron chi connectivity index (χ1n) is 6.06. The Labute approximate surface area is 93.4 Å². The molecule has 1 atom stereocenters. The summed E-state index contributed by atoms with van der Waals surface area (Å²) in [6.07, 6.45) is 12.3. The van der Waals surface area contributed by atoms with Crippen molar-refractivity contribution in [1.82, 2.24) is 0 Å². The van der Waals surface area contributed by atoms with E-state index in [0.717, 1.165) is 6.42 Å². The zero-order valence-corrected chi connectivity index (χ0v) is 10.0. The summed E-state index contributed by atoms with van der Waals surface area (Å²) in [6.45, 7) is 3.96. The lowest BCUT2D eigenvalue weighted by molar-refractivity contribution is -0.140. The third-order valence-electron chi connectivity index (χ3n) is 2.55. The van der Waals surface area contributed by atoms with Crippen molar-refractivity contribution in [3.8, 4) is 0 Å². The van der Waals surface area contributed by atoms with Crippen molar-refractivity contribution < 1.29 is 9.90 Å². The Balaban J connectivity index is 3.28. The Morgan fingerprint density at radius 1 is 1.20 bits per heavy atom. The number of carboxylic acids is 1. The summed E-state index contributed by atoms with van der Waals surface area (Å²) in [7, 11) is 0. The van der Waals surface area contributed by atoms with E-state index in [-0.39, 0.29) is 5.92 Å². The number of aliphatic carboxylic acids is 1. The fraction of sp³-hybridized carbons (Fsp3) is 0.769. The minimum Gasteiger partial charge on any atom is -0.481 e. The Bertz CT molecular complexity index is 185. The number of unbranched alkanes of at least 4 members (excludes halogenated alkanes) is 5. The smallest absolute Gasteiger partial charge is 0.306 e. The van der Waals surface area contributed by atoms with Crippen molar-refractivity contribution >= 4 is 5.97 Å². The molecule has 0 aliphatic heterocycles. The van der Waals surface area contributed by atoms with E-state index in [1.165, 1.54) is 32.1 Å². The van der Waals surface area contributed by atoms with Crippen LogP contribution in [0.5, 0.6) is 0 Å². The lowest BCUT2D eigenvalue weighted by atomic mass is 10.1. The molecule has 0 amide bonds. The number of carbonyl (C=O) groups is 1. The van der Waals surface area contributed by atoms with Gasteiger partial charge in [0.1, 0.15) is 0 Å². The summed E-state index contributed by atoms with van der Waals surface area (Å²) in [5.41, 5.74) is 0. The van der Waals surface area contributed by atoms with Crippen LogP contribution in [-0.2, 0) is 4.79 Å². The first kappa shape index (κ1) is 14.2. The predicted molar refractivity (Wildman–Crippen MR) is 63.9 cm³/mol. The average molecular weight is 212 g/mol. The van der Waals surface area contributed by atoms with Crippen LogP contribution in [0, 0.1) is 5.92 Å². The molecule has 0 radical (unpaired) electrons. The number of hydrogen-bond donors (Lipinski definition) is 1. The molecule has 0 aromatic heterocycles. The molecule has 0 aliphatic carbocycles. The molecule has 0 heterocycles. The Morgan fingerprint density at radius 2 is 1.87 bits per heavy atom. The van der Waals surface area contributed by atoms with E-state index in [2.05, 4.69) is 13.0 Å². The highest BCUT2D eigenvalue weighted by molar-refractivity contribution is 5.69. The molecule has 15 heavy (non-hydrogen) atoms. The van der Waals surface area contributed by atoms with Gasteiger partial charge in [0.2, 0.25) is 0 Å². The molecule has 0 aromatic rings. The van der Waals surface area contributed by atoms with Gasteiger partial charge in [-0.3, -0.25) is 4.79 Å². The van der Waals surface area contributed by atoms with Crippen LogP contribution >= 0.6 is 0 Å². The Kier molecular flexibility index (Phi) is 9.24. The number of rotatable bonds is 9. The van der Waals surface area contributed by atoms with Crippen molar-refractivity contribution in [1.29, 1.82) is 0 Å². The monoisotopic (exact) mass is 212 g/mol. The fourth-order valence-corrected chi connectivity index (χ4v) is 1.38. The van der Waals surface area contributed by atoms with Gasteiger partial charge in [0.05, 0.1) is 5.92 Å². The van der Waals surface area contributed by atoms with Crippen molar-refractivity contribution in [2.24, 2.45) is 5.92 Å². The second kappa shape index (κ2) is 9.75. The van der Waals surface area contributed by atoms with Crippen LogP contribution in [0.3, 0.4) is 0 Å². The van der Waals surface area contributed by atoms with Gasteiger partial charge in [0.15, 0.2) is 0 Å². The van der Waals surface area contributed by atoms with Crippen LogP contribution in [0.15, 0.2) is 12.2 Å². The highest BCUT2D eigenvalue weighted by Crippen LogP contribution is 2.07. The summed E-state index contributed by atoms with van der Waals surface area (Å²) in [5, 5.41) is 8.65. The van der Waals surface area contributed by atoms with Gasteiger partial charge in [-0.2, -0.15) is 0 Å². The van der Waals surface area contributed by atoms with Crippen LogP contribution in [0.4, 0.5) is 0 Å². The van der Waals surface area contributed by atoms with Gasteiger partial charge in [-0.15, -0.1) is 0 Å². The topological polar surface area (TPSA) is 37.3 Å². The average Bonchev–Trinajstić information content (AvgIpc) is 2.21. The van der Waals surface area contributed by atoms with Crippen molar-refractivity contribution in [3.05, 3.63) is 12.2 Å². The third-order valence-corrected chi connectivity index (χ3v) is 2.55. The van der Waals surface area contributed by atoms with E-state index in [1.54, 1.807) is 6.92 Å².